The first kappa shape index (κ1) is 12.2. The molecule has 1 aromatic carbocycles. The highest BCUT2D eigenvalue weighted by Crippen LogP contribution is 2.30. The molecule has 1 aromatic rings. The van der Waals surface area contributed by atoms with Gasteiger partial charge in [-0.2, -0.15) is 0 Å². The lowest BCUT2D eigenvalue weighted by molar-refractivity contribution is -0.385. The summed E-state index contributed by atoms with van der Waals surface area (Å²) in [6, 6.07) is 3.96. The number of nitro groups is 1. The third-order valence-electron chi connectivity index (χ3n) is 2.71. The number of fused-ring (bicyclic) bond motifs is 1. The second kappa shape index (κ2) is 4.53. The molecule has 0 radical (unpaired) electrons. The maximum absolute atomic E-state index is 12.0. The Morgan fingerprint density at radius 1 is 1.28 bits per heavy atom. The van der Waals surface area contributed by atoms with Crippen LogP contribution in [0.1, 0.15) is 27.1 Å². The lowest BCUT2D eigenvalue weighted by Gasteiger charge is -2.11. The predicted octanol–water partition coefficient (Wildman–Crippen LogP) is 0.573. The Balaban J connectivity index is 2.45. The van der Waals surface area contributed by atoms with Crippen LogP contribution in [0.4, 0.5) is 5.69 Å². The zero-order chi connectivity index (χ0) is 13.3. The second-order valence-corrected chi connectivity index (χ2v) is 3.80. The van der Waals surface area contributed by atoms with Gasteiger partial charge in [0.15, 0.2) is 0 Å². The molecule has 1 aliphatic heterocycles. The number of rotatable bonds is 4. The maximum Gasteiger partial charge on any atom is 0.282 e. The number of benzene rings is 1. The van der Waals surface area contributed by atoms with Gasteiger partial charge in [0.1, 0.15) is 5.56 Å². The molecule has 0 atom stereocenters. The third kappa shape index (κ3) is 1.74. The number of nitrogens with zero attached hydrogens (tertiary/aromatic N) is 2. The average molecular weight is 250 g/mol. The Morgan fingerprint density at radius 3 is 2.61 bits per heavy atom. The fourth-order valence-electron chi connectivity index (χ4n) is 1.90. The Kier molecular flexibility index (Phi) is 3.07. The van der Waals surface area contributed by atoms with E-state index in [1.165, 1.54) is 18.2 Å². The first-order chi connectivity index (χ1) is 8.57. The van der Waals surface area contributed by atoms with Crippen molar-refractivity contribution in [2.75, 3.05) is 13.2 Å². The molecule has 1 N–H and O–H groups in total. The molecule has 18 heavy (non-hydrogen) atoms. The summed E-state index contributed by atoms with van der Waals surface area (Å²) in [5.74, 6) is -1.22. The quantitative estimate of drug-likeness (QED) is 0.478. The van der Waals surface area contributed by atoms with Gasteiger partial charge in [-0.15, -0.1) is 0 Å². The molecule has 7 heteroatoms. The molecule has 0 aromatic heterocycles. The zero-order valence-electron chi connectivity index (χ0n) is 9.33. The van der Waals surface area contributed by atoms with Crippen LogP contribution in [0.25, 0.3) is 0 Å². The highest BCUT2D eigenvalue weighted by atomic mass is 16.6. The summed E-state index contributed by atoms with van der Waals surface area (Å²) in [6.07, 6.45) is 0.249. The number of carbonyl (C=O) groups is 2. The van der Waals surface area contributed by atoms with Gasteiger partial charge in [-0.05, 0) is 12.5 Å². The summed E-state index contributed by atoms with van der Waals surface area (Å²) in [7, 11) is 0. The van der Waals surface area contributed by atoms with Gasteiger partial charge in [0, 0.05) is 19.2 Å². The maximum atomic E-state index is 12.0. The van der Waals surface area contributed by atoms with Crippen molar-refractivity contribution in [1.82, 2.24) is 4.90 Å². The Bertz CT molecular complexity index is 540. The monoisotopic (exact) mass is 250 g/mol. The molecule has 0 spiro atoms. The fraction of sp³-hybridized carbons (Fsp3) is 0.273. The van der Waals surface area contributed by atoms with E-state index in [0.717, 1.165) is 4.90 Å². The zero-order valence-corrected chi connectivity index (χ0v) is 9.33. The van der Waals surface area contributed by atoms with Gasteiger partial charge in [0.25, 0.3) is 17.5 Å². The summed E-state index contributed by atoms with van der Waals surface area (Å²) in [5.41, 5.74) is -0.477. The summed E-state index contributed by atoms with van der Waals surface area (Å²) in [4.78, 5) is 34.9. The molecular weight excluding hydrogens is 240 g/mol. The summed E-state index contributed by atoms with van der Waals surface area (Å²) in [5, 5.41) is 19.5. The normalized spacial score (nSPS) is 13.9. The van der Waals surface area contributed by atoms with Gasteiger partial charge < -0.3 is 5.11 Å². The lowest BCUT2D eigenvalue weighted by Crippen LogP contribution is -2.31. The predicted molar refractivity (Wildman–Crippen MR) is 60.2 cm³/mol. The first-order valence-corrected chi connectivity index (χ1v) is 5.32. The molecule has 0 fully saturated rings. The molecule has 2 rings (SSSR count). The van der Waals surface area contributed by atoms with Gasteiger partial charge in [0.2, 0.25) is 0 Å². The fourth-order valence-corrected chi connectivity index (χ4v) is 1.90. The number of amides is 2. The van der Waals surface area contributed by atoms with Crippen molar-refractivity contribution in [1.29, 1.82) is 0 Å². The largest absolute Gasteiger partial charge is 0.396 e. The van der Waals surface area contributed by atoms with E-state index in [0.29, 0.717) is 0 Å². The van der Waals surface area contributed by atoms with Crippen LogP contribution in [0.3, 0.4) is 0 Å². The van der Waals surface area contributed by atoms with E-state index < -0.39 is 16.7 Å². The number of hydrogen-bond donors (Lipinski definition) is 1. The number of aliphatic hydroxyl groups excluding tert-OH is 1. The van der Waals surface area contributed by atoms with Crippen molar-refractivity contribution in [2.45, 2.75) is 6.42 Å². The van der Waals surface area contributed by atoms with Gasteiger partial charge in [0.05, 0.1) is 10.5 Å². The van der Waals surface area contributed by atoms with Crippen LogP contribution < -0.4 is 0 Å². The Morgan fingerprint density at radius 2 is 2.00 bits per heavy atom. The van der Waals surface area contributed by atoms with Crippen LogP contribution in [-0.2, 0) is 0 Å². The van der Waals surface area contributed by atoms with Crippen molar-refractivity contribution in [2.24, 2.45) is 0 Å². The number of carbonyl (C=O) groups excluding carboxylic acids is 2. The van der Waals surface area contributed by atoms with E-state index in [1.807, 2.05) is 0 Å². The van der Waals surface area contributed by atoms with Crippen LogP contribution in [0, 0.1) is 10.1 Å². The topological polar surface area (TPSA) is 101 Å². The van der Waals surface area contributed by atoms with Gasteiger partial charge in [-0.25, -0.2) is 0 Å². The Labute approximate surface area is 102 Å². The van der Waals surface area contributed by atoms with Gasteiger partial charge >= 0.3 is 0 Å². The van der Waals surface area contributed by atoms with Crippen LogP contribution in [0.15, 0.2) is 18.2 Å². The van der Waals surface area contributed by atoms with E-state index in [9.17, 15) is 19.7 Å². The molecule has 7 nitrogen and oxygen atoms in total. The van der Waals surface area contributed by atoms with E-state index in [1.54, 1.807) is 0 Å². The standard InChI is InChI=1S/C11H10N2O5/c14-6-2-5-12-10(15)7-3-1-4-8(13(17)18)9(7)11(12)16/h1,3-4,14H,2,5-6H2. The summed E-state index contributed by atoms with van der Waals surface area (Å²) >= 11 is 0. The average Bonchev–Trinajstić information content (AvgIpc) is 2.60. The Hall–Kier alpha value is -2.28. The van der Waals surface area contributed by atoms with Crippen LogP contribution >= 0.6 is 0 Å². The van der Waals surface area contributed by atoms with Crippen LogP contribution in [0.5, 0.6) is 0 Å². The molecule has 0 aliphatic carbocycles. The third-order valence-corrected chi connectivity index (χ3v) is 2.71. The molecule has 0 unspecified atom stereocenters. The number of imide groups is 1. The molecule has 1 aliphatic rings. The SMILES string of the molecule is O=C1c2cccc([N+](=O)[O-])c2C(=O)N1CCCO. The highest BCUT2D eigenvalue weighted by molar-refractivity contribution is 6.23. The molecule has 0 saturated carbocycles. The van der Waals surface area contributed by atoms with Crippen molar-refractivity contribution < 1.29 is 19.6 Å². The molecule has 2 amide bonds. The summed E-state index contributed by atoms with van der Waals surface area (Å²) < 4.78 is 0. The number of hydrogen-bond acceptors (Lipinski definition) is 5. The number of aliphatic hydroxyl groups is 1. The highest BCUT2D eigenvalue weighted by Gasteiger charge is 2.40. The minimum atomic E-state index is -0.681. The second-order valence-electron chi connectivity index (χ2n) is 3.80. The minimum absolute atomic E-state index is 0.0483. The van der Waals surface area contributed by atoms with Crippen molar-refractivity contribution in [3.8, 4) is 0 Å². The molecule has 1 heterocycles. The van der Waals surface area contributed by atoms with E-state index in [4.69, 9.17) is 5.11 Å². The number of nitro benzene ring substituents is 1. The van der Waals surface area contributed by atoms with Crippen molar-refractivity contribution in [3.05, 3.63) is 39.4 Å². The van der Waals surface area contributed by atoms with Gasteiger partial charge in [-0.1, -0.05) is 6.07 Å². The summed E-state index contributed by atoms with van der Waals surface area (Å²) in [6.45, 7) is -0.102. The smallest absolute Gasteiger partial charge is 0.282 e. The first-order valence-electron chi connectivity index (χ1n) is 5.32. The van der Waals surface area contributed by atoms with Crippen LogP contribution in [-0.4, -0.2) is 39.9 Å². The van der Waals surface area contributed by atoms with Gasteiger partial charge in [-0.3, -0.25) is 24.6 Å². The van der Waals surface area contributed by atoms with E-state index in [-0.39, 0.29) is 36.4 Å². The lowest BCUT2D eigenvalue weighted by atomic mass is 10.1. The molecule has 94 valence electrons. The minimum Gasteiger partial charge on any atom is -0.396 e. The molecular formula is C11H10N2O5. The molecule has 0 saturated heterocycles. The molecule has 0 bridgehead atoms. The van der Waals surface area contributed by atoms with E-state index >= 15 is 0 Å². The van der Waals surface area contributed by atoms with E-state index in [2.05, 4.69) is 0 Å². The van der Waals surface area contributed by atoms with Crippen molar-refractivity contribution >= 4 is 17.5 Å². The van der Waals surface area contributed by atoms with Crippen LogP contribution in [0.2, 0.25) is 0 Å². The van der Waals surface area contributed by atoms with Crippen molar-refractivity contribution in [3.63, 3.8) is 0 Å².